The summed E-state index contributed by atoms with van der Waals surface area (Å²) in [5.41, 5.74) is -4.25. The van der Waals surface area contributed by atoms with Crippen LogP contribution in [-0.2, 0) is 46.5 Å². The van der Waals surface area contributed by atoms with E-state index in [1.54, 1.807) is 62.3 Å². The van der Waals surface area contributed by atoms with Crippen molar-refractivity contribution in [2.45, 2.75) is 124 Å². The van der Waals surface area contributed by atoms with Gasteiger partial charge in [0.15, 0.2) is 16.7 Å². The van der Waals surface area contributed by atoms with Crippen LogP contribution in [-0.4, -0.2) is 89.9 Å². The van der Waals surface area contributed by atoms with Crippen LogP contribution in [0.1, 0.15) is 87.7 Å². The maximum Gasteiger partial charge on any atom is 0.413 e. The molecule has 0 unspecified atom stereocenters. The predicted octanol–water partition coefficient (Wildman–Crippen LogP) is 2.63. The van der Waals surface area contributed by atoms with Crippen LogP contribution in [0.25, 0.3) is 0 Å². The summed E-state index contributed by atoms with van der Waals surface area (Å²) in [6.07, 6.45) is 0.0369. The molecule has 18 nitrogen and oxygen atoms in total. The Hall–Kier alpha value is -4.81. The van der Waals surface area contributed by atoms with Gasteiger partial charge >= 0.3 is 18.2 Å². The molecule has 4 amide bonds. The van der Waals surface area contributed by atoms with E-state index >= 15 is 0 Å². The van der Waals surface area contributed by atoms with Gasteiger partial charge in [-0.05, 0) is 76.2 Å². The van der Waals surface area contributed by atoms with Crippen molar-refractivity contribution in [3.63, 3.8) is 0 Å². The van der Waals surface area contributed by atoms with Crippen molar-refractivity contribution >= 4 is 52.2 Å². The molecule has 49 heavy (non-hydrogen) atoms. The van der Waals surface area contributed by atoms with Crippen molar-refractivity contribution < 1.29 is 43.0 Å². The summed E-state index contributed by atoms with van der Waals surface area (Å²) in [6.45, 7) is 18.4. The number of β-lactam (4-membered cyclic amide) rings is 1. The largest absolute Gasteiger partial charge is 0.457 e. The van der Waals surface area contributed by atoms with Crippen molar-refractivity contribution in [3.8, 4) is 0 Å². The van der Waals surface area contributed by atoms with Crippen LogP contribution in [0.2, 0.25) is 0 Å². The molecule has 2 aromatic heterocycles. The molecule has 3 rings (SSSR count). The molecule has 0 saturated carbocycles. The first-order chi connectivity index (χ1) is 22.4. The zero-order valence-corrected chi connectivity index (χ0v) is 30.4. The topological polar surface area (TPSA) is 226 Å². The summed E-state index contributed by atoms with van der Waals surface area (Å²) in [7, 11) is 0. The zero-order chi connectivity index (χ0) is 36.9. The molecule has 4 N–H and O–H groups in total. The van der Waals surface area contributed by atoms with Gasteiger partial charge in [0.2, 0.25) is 11.5 Å². The van der Waals surface area contributed by atoms with Gasteiger partial charge in [0.25, 0.3) is 5.91 Å². The molecule has 1 aliphatic rings. The Kier molecular flexibility index (Phi) is 11.6. The third kappa shape index (κ3) is 12.3. The summed E-state index contributed by atoms with van der Waals surface area (Å²) < 4.78 is 17.3. The normalized spacial score (nSPS) is 16.9. The molecular formula is C30H45N9O9S. The fraction of sp³-hybridized carbons (Fsp3) is 0.633. The van der Waals surface area contributed by atoms with Crippen molar-refractivity contribution in [1.82, 2.24) is 35.7 Å². The molecule has 0 radical (unpaired) electrons. The number of ether oxygens (including phenoxy) is 3. The van der Waals surface area contributed by atoms with Gasteiger partial charge in [-0.15, -0.1) is 11.3 Å². The Balaban J connectivity index is 1.76. The molecular weight excluding hydrogens is 662 g/mol. The SMILES string of the molecule is CC(C)(C)OC(=O)NCc1ncn(C[C@H]2NC(=O)[C@H]2NC(=O)/C(=N/OC(C)(C)C(=O)OC(C)(C)C)c2csc(NC(=O)OC(C)(C)C)n2)n1. The van der Waals surface area contributed by atoms with E-state index in [-0.39, 0.29) is 29.6 Å². The van der Waals surface area contributed by atoms with Gasteiger partial charge in [-0.2, -0.15) is 5.10 Å². The van der Waals surface area contributed by atoms with E-state index in [0.717, 1.165) is 11.3 Å². The van der Waals surface area contributed by atoms with Crippen molar-refractivity contribution in [1.29, 1.82) is 0 Å². The van der Waals surface area contributed by atoms with E-state index in [4.69, 9.17) is 19.0 Å². The van der Waals surface area contributed by atoms with Crippen molar-refractivity contribution in [2.75, 3.05) is 5.32 Å². The minimum Gasteiger partial charge on any atom is -0.457 e. The van der Waals surface area contributed by atoms with Crippen LogP contribution in [0.5, 0.6) is 0 Å². The van der Waals surface area contributed by atoms with Gasteiger partial charge in [-0.25, -0.2) is 24.4 Å². The van der Waals surface area contributed by atoms with E-state index < -0.39 is 64.5 Å². The van der Waals surface area contributed by atoms with Crippen LogP contribution < -0.4 is 21.3 Å². The average molecular weight is 708 g/mol. The minimum atomic E-state index is -1.62. The first kappa shape index (κ1) is 38.6. The van der Waals surface area contributed by atoms with E-state index in [9.17, 15) is 24.0 Å². The number of thiazole rings is 1. The number of carbonyl (C=O) groups is 5. The van der Waals surface area contributed by atoms with Crippen LogP contribution in [0.4, 0.5) is 14.7 Å². The van der Waals surface area contributed by atoms with E-state index in [1.165, 1.54) is 30.2 Å². The standard InChI is InChI=1S/C30H45N9O9S/c1-27(2,3)45-23(42)30(10,11)48-38-20(17-14-49-24(34-17)36-26(44)47-29(7,8)9)22(41)35-19-16(33-21(19)40)13-39-15-32-18(37-39)12-31-25(43)46-28(4,5)6/h14-16,19H,12-13H2,1-11H3,(H,31,43)(H,33,40)(H,35,41)(H,34,36,44)/b38-20+/t16-,19+/m1/s1. The molecule has 1 fully saturated rings. The van der Waals surface area contributed by atoms with Gasteiger partial charge < -0.3 is 35.0 Å². The van der Waals surface area contributed by atoms with E-state index in [0.29, 0.717) is 5.82 Å². The molecule has 0 aromatic carbocycles. The summed E-state index contributed by atoms with van der Waals surface area (Å²) in [5.74, 6) is -1.75. The molecule has 1 aliphatic heterocycles. The number of hydrogen-bond acceptors (Lipinski definition) is 14. The number of carbonyl (C=O) groups excluding carboxylic acids is 5. The van der Waals surface area contributed by atoms with Gasteiger partial charge in [0.05, 0.1) is 19.1 Å². The Morgan fingerprint density at radius 2 is 1.55 bits per heavy atom. The monoisotopic (exact) mass is 707 g/mol. The second-order valence-electron chi connectivity index (χ2n) is 14.5. The number of nitrogens with zero attached hydrogens (tertiary/aromatic N) is 5. The number of hydrogen-bond donors (Lipinski definition) is 4. The van der Waals surface area contributed by atoms with Gasteiger partial charge in [0.1, 0.15) is 34.9 Å². The maximum absolute atomic E-state index is 13.6. The Bertz CT molecular complexity index is 1580. The summed E-state index contributed by atoms with van der Waals surface area (Å²) in [4.78, 5) is 77.2. The third-order valence-electron chi connectivity index (χ3n) is 5.88. The van der Waals surface area contributed by atoms with Crippen molar-refractivity contribution in [3.05, 3.63) is 23.2 Å². The number of alkyl carbamates (subject to hydrolysis) is 1. The molecule has 1 saturated heterocycles. The zero-order valence-electron chi connectivity index (χ0n) is 29.5. The quantitative estimate of drug-likeness (QED) is 0.0869. The number of nitrogens with one attached hydrogen (secondary N) is 4. The number of esters is 1. The number of rotatable bonds is 11. The number of anilines is 1. The second kappa shape index (κ2) is 14.8. The molecule has 0 spiro atoms. The lowest BCUT2D eigenvalue weighted by atomic mass is 9.98. The number of amides is 4. The third-order valence-corrected chi connectivity index (χ3v) is 6.64. The number of oxime groups is 1. The highest BCUT2D eigenvalue weighted by Gasteiger charge is 2.42. The van der Waals surface area contributed by atoms with E-state index in [1.807, 2.05) is 0 Å². The molecule has 270 valence electrons. The Labute approximate surface area is 288 Å². The fourth-order valence-electron chi connectivity index (χ4n) is 3.77. The smallest absolute Gasteiger partial charge is 0.413 e. The minimum absolute atomic E-state index is 0.0109. The van der Waals surface area contributed by atoms with Gasteiger partial charge in [-0.3, -0.25) is 19.6 Å². The molecule has 3 heterocycles. The summed E-state index contributed by atoms with van der Waals surface area (Å²) in [6, 6.07) is -1.60. The highest BCUT2D eigenvalue weighted by Crippen LogP contribution is 2.21. The average Bonchev–Trinajstić information content (AvgIpc) is 3.57. The fourth-order valence-corrected chi connectivity index (χ4v) is 4.45. The van der Waals surface area contributed by atoms with Crippen LogP contribution in [0, 0.1) is 0 Å². The lowest BCUT2D eigenvalue weighted by Crippen LogP contribution is -2.70. The number of aromatic nitrogens is 4. The molecule has 2 aromatic rings. The van der Waals surface area contributed by atoms with Crippen LogP contribution in [0.3, 0.4) is 0 Å². The van der Waals surface area contributed by atoms with Gasteiger partial charge in [0, 0.05) is 5.38 Å². The van der Waals surface area contributed by atoms with Crippen molar-refractivity contribution in [2.24, 2.45) is 5.16 Å². The Morgan fingerprint density at radius 1 is 0.939 bits per heavy atom. The molecule has 19 heteroatoms. The molecule has 0 aliphatic carbocycles. The second-order valence-corrected chi connectivity index (χ2v) is 15.4. The first-order valence-electron chi connectivity index (χ1n) is 15.3. The highest BCUT2D eigenvalue weighted by atomic mass is 32.1. The highest BCUT2D eigenvalue weighted by molar-refractivity contribution is 7.14. The molecule has 0 bridgehead atoms. The first-order valence-corrected chi connectivity index (χ1v) is 16.2. The summed E-state index contributed by atoms with van der Waals surface area (Å²) >= 11 is 0.986. The predicted molar refractivity (Wildman–Crippen MR) is 176 cm³/mol. The van der Waals surface area contributed by atoms with Gasteiger partial charge in [-0.1, -0.05) is 5.16 Å². The molecule has 2 atom stereocenters. The van der Waals surface area contributed by atoms with E-state index in [2.05, 4.69) is 41.5 Å². The van der Waals surface area contributed by atoms with Crippen LogP contribution in [0.15, 0.2) is 16.9 Å². The lowest BCUT2D eigenvalue weighted by molar-refractivity contribution is -0.179. The maximum atomic E-state index is 13.6. The Morgan fingerprint density at radius 3 is 2.14 bits per heavy atom. The summed E-state index contributed by atoms with van der Waals surface area (Å²) in [5, 5.41) is 20.2. The van der Waals surface area contributed by atoms with Crippen LogP contribution >= 0.6 is 11.3 Å². The lowest BCUT2D eigenvalue weighted by Gasteiger charge is -2.36.